The van der Waals surface area contributed by atoms with E-state index in [1.165, 1.54) is 0 Å². The summed E-state index contributed by atoms with van der Waals surface area (Å²) in [5.74, 6) is -8.47. The quantitative estimate of drug-likeness (QED) is 0.242. The highest BCUT2D eigenvalue weighted by Gasteiger charge is 2.44. The van der Waals surface area contributed by atoms with Gasteiger partial charge in [-0.3, -0.25) is 0 Å². The Kier molecular flexibility index (Phi) is 5.60. The molecule has 5 atom stereocenters. The van der Waals surface area contributed by atoms with Gasteiger partial charge in [-0.1, -0.05) is 13.8 Å². The van der Waals surface area contributed by atoms with Crippen LogP contribution in [-0.2, 0) is 14.2 Å². The average Bonchev–Trinajstić information content (AvgIpc) is 2.81. The lowest BCUT2D eigenvalue weighted by molar-refractivity contribution is -0.176. The van der Waals surface area contributed by atoms with Crippen molar-refractivity contribution < 1.29 is 54.4 Å². The Morgan fingerprint density at radius 3 is 1.76 bits per heavy atom. The fourth-order valence-electron chi connectivity index (χ4n) is 4.40. The zero-order valence-electron chi connectivity index (χ0n) is 18.5. The summed E-state index contributed by atoms with van der Waals surface area (Å²) in [5.41, 5.74) is -2.31. The number of ether oxygens (including phenoxy) is 3. The van der Waals surface area contributed by atoms with Crippen LogP contribution in [0.15, 0.2) is 12.1 Å². The standard InChI is InChI=1S/C23H24O11/c1-7-8(2)21-14(33-9(7)3)6-32-22(30)10-4-12(24)17(26)19(28)15(10)16-11(23(31)34-21)5-13(25)18(27)20(16)29/h4-5,7-9,14,21,24-29H,6H2,1-3H3/t7-,8-,9?,14?,21?/m1/s1. The Labute approximate surface area is 193 Å². The summed E-state index contributed by atoms with van der Waals surface area (Å²) in [6.45, 7) is 5.21. The van der Waals surface area contributed by atoms with Crippen LogP contribution in [0.2, 0.25) is 0 Å². The number of esters is 2. The van der Waals surface area contributed by atoms with Gasteiger partial charge in [0.05, 0.1) is 17.2 Å². The van der Waals surface area contributed by atoms with Crippen molar-refractivity contribution in [3.63, 3.8) is 0 Å². The van der Waals surface area contributed by atoms with Crippen LogP contribution < -0.4 is 0 Å². The van der Waals surface area contributed by atoms with Crippen molar-refractivity contribution in [1.82, 2.24) is 0 Å². The van der Waals surface area contributed by atoms with Gasteiger partial charge in [0.2, 0.25) is 11.5 Å². The first kappa shape index (κ1) is 23.3. The highest BCUT2D eigenvalue weighted by atomic mass is 16.6. The molecule has 2 heterocycles. The second-order valence-electron chi connectivity index (χ2n) is 8.60. The topological polar surface area (TPSA) is 183 Å². The van der Waals surface area contributed by atoms with Gasteiger partial charge in [-0.05, 0) is 25.0 Å². The third-order valence-corrected chi connectivity index (χ3v) is 6.66. The molecule has 0 aromatic heterocycles. The number of hydrogen-bond acceptors (Lipinski definition) is 11. The predicted octanol–water partition coefficient (Wildman–Crippen LogP) is 2.34. The largest absolute Gasteiger partial charge is 0.504 e. The highest BCUT2D eigenvalue weighted by Crippen LogP contribution is 2.53. The Morgan fingerprint density at radius 1 is 0.735 bits per heavy atom. The molecule has 11 heteroatoms. The highest BCUT2D eigenvalue weighted by molar-refractivity contribution is 6.08. The summed E-state index contributed by atoms with van der Waals surface area (Å²) in [4.78, 5) is 26.3. The minimum absolute atomic E-state index is 0.0499. The molecule has 1 saturated heterocycles. The van der Waals surface area contributed by atoms with Gasteiger partial charge in [0.1, 0.15) is 18.8 Å². The average molecular weight is 476 g/mol. The lowest BCUT2D eigenvalue weighted by Crippen LogP contribution is -2.52. The number of rotatable bonds is 0. The van der Waals surface area contributed by atoms with Gasteiger partial charge in [0.25, 0.3) is 0 Å². The van der Waals surface area contributed by atoms with Crippen LogP contribution in [0.1, 0.15) is 41.5 Å². The molecular weight excluding hydrogens is 452 g/mol. The SMILES string of the molecule is CC1OC2COC(=O)c3cc(O)c(O)c(O)c3-c3c(cc(O)c(O)c3O)C(=O)OC2[C@H](C)[C@H]1C. The van der Waals surface area contributed by atoms with E-state index in [4.69, 9.17) is 14.2 Å². The zero-order chi connectivity index (χ0) is 25.1. The number of aromatic hydroxyl groups is 6. The summed E-state index contributed by atoms with van der Waals surface area (Å²) in [6, 6.07) is 1.56. The van der Waals surface area contributed by atoms with E-state index in [1.807, 2.05) is 20.8 Å². The molecular formula is C23H24O11. The summed E-state index contributed by atoms with van der Waals surface area (Å²) >= 11 is 0. The molecule has 3 unspecified atom stereocenters. The van der Waals surface area contributed by atoms with Gasteiger partial charge in [0.15, 0.2) is 23.0 Å². The number of benzene rings is 2. The number of carbonyl (C=O) groups excluding carboxylic acids is 2. The molecule has 0 bridgehead atoms. The second-order valence-corrected chi connectivity index (χ2v) is 8.60. The van der Waals surface area contributed by atoms with Crippen molar-refractivity contribution in [2.45, 2.75) is 39.1 Å². The van der Waals surface area contributed by atoms with E-state index in [9.17, 15) is 40.2 Å². The summed E-state index contributed by atoms with van der Waals surface area (Å²) in [6.07, 6.45) is -2.01. The molecule has 0 spiro atoms. The predicted molar refractivity (Wildman–Crippen MR) is 114 cm³/mol. The Morgan fingerprint density at radius 2 is 1.24 bits per heavy atom. The molecule has 0 saturated carbocycles. The fraction of sp³-hybridized carbons (Fsp3) is 0.391. The van der Waals surface area contributed by atoms with Crippen LogP contribution in [-0.4, -0.2) is 67.5 Å². The number of carbonyl (C=O) groups is 2. The minimum Gasteiger partial charge on any atom is -0.504 e. The maximum Gasteiger partial charge on any atom is 0.339 e. The van der Waals surface area contributed by atoms with E-state index < -0.39 is 80.9 Å². The van der Waals surface area contributed by atoms with Crippen LogP contribution in [0.5, 0.6) is 34.5 Å². The van der Waals surface area contributed by atoms with Crippen molar-refractivity contribution >= 4 is 11.9 Å². The first-order valence-corrected chi connectivity index (χ1v) is 10.5. The van der Waals surface area contributed by atoms with E-state index in [2.05, 4.69) is 0 Å². The Bertz CT molecular complexity index is 1190. The van der Waals surface area contributed by atoms with E-state index in [1.54, 1.807) is 0 Å². The van der Waals surface area contributed by atoms with Gasteiger partial charge < -0.3 is 44.8 Å². The van der Waals surface area contributed by atoms with Crippen LogP contribution in [0.25, 0.3) is 11.1 Å². The van der Waals surface area contributed by atoms with Crippen molar-refractivity contribution in [2.75, 3.05) is 6.61 Å². The monoisotopic (exact) mass is 476 g/mol. The summed E-state index contributed by atoms with van der Waals surface area (Å²) in [5, 5.41) is 61.4. The second kappa shape index (κ2) is 8.17. The van der Waals surface area contributed by atoms with E-state index >= 15 is 0 Å². The van der Waals surface area contributed by atoms with Crippen LogP contribution in [0.4, 0.5) is 0 Å². The lowest BCUT2D eigenvalue weighted by Gasteiger charge is -2.42. The molecule has 1 fully saturated rings. The van der Waals surface area contributed by atoms with Gasteiger partial charge in [-0.25, -0.2) is 9.59 Å². The first-order chi connectivity index (χ1) is 15.9. The Hall–Kier alpha value is -3.86. The van der Waals surface area contributed by atoms with Crippen LogP contribution >= 0.6 is 0 Å². The molecule has 2 aromatic rings. The van der Waals surface area contributed by atoms with Gasteiger partial charge in [0, 0.05) is 17.0 Å². The van der Waals surface area contributed by atoms with Crippen molar-refractivity contribution in [3.8, 4) is 45.6 Å². The number of cyclic esters (lactones) is 1. The van der Waals surface area contributed by atoms with E-state index in [0.717, 1.165) is 12.1 Å². The molecule has 0 radical (unpaired) electrons. The molecule has 4 rings (SSSR count). The fourth-order valence-corrected chi connectivity index (χ4v) is 4.40. The number of hydrogen-bond donors (Lipinski definition) is 6. The van der Waals surface area contributed by atoms with Crippen molar-refractivity contribution in [2.24, 2.45) is 11.8 Å². The van der Waals surface area contributed by atoms with Crippen LogP contribution in [0, 0.1) is 11.8 Å². The molecule has 2 aromatic carbocycles. The first-order valence-electron chi connectivity index (χ1n) is 10.5. The van der Waals surface area contributed by atoms with Crippen LogP contribution in [0.3, 0.4) is 0 Å². The summed E-state index contributed by atoms with van der Waals surface area (Å²) in [7, 11) is 0. The molecule has 0 aliphatic carbocycles. The van der Waals surface area contributed by atoms with Gasteiger partial charge in [-0.2, -0.15) is 0 Å². The molecule has 11 nitrogen and oxygen atoms in total. The van der Waals surface area contributed by atoms with E-state index in [-0.39, 0.29) is 24.5 Å². The number of phenolic OH excluding ortho intramolecular Hbond substituents is 6. The van der Waals surface area contributed by atoms with Crippen molar-refractivity contribution in [3.05, 3.63) is 23.3 Å². The molecule has 0 amide bonds. The molecule has 2 aliphatic heterocycles. The Balaban J connectivity index is 2.02. The number of fused-ring (bicyclic) bond motifs is 4. The molecule has 34 heavy (non-hydrogen) atoms. The zero-order valence-corrected chi connectivity index (χ0v) is 18.5. The maximum atomic E-state index is 13.3. The smallest absolute Gasteiger partial charge is 0.339 e. The molecule has 182 valence electrons. The third kappa shape index (κ3) is 3.48. The normalized spacial score (nSPS) is 26.9. The minimum atomic E-state index is -1.09. The maximum absolute atomic E-state index is 13.3. The molecule has 2 aliphatic rings. The van der Waals surface area contributed by atoms with Gasteiger partial charge in [-0.15, -0.1) is 0 Å². The van der Waals surface area contributed by atoms with Gasteiger partial charge >= 0.3 is 11.9 Å². The van der Waals surface area contributed by atoms with Crippen molar-refractivity contribution in [1.29, 1.82) is 0 Å². The van der Waals surface area contributed by atoms with E-state index in [0.29, 0.717) is 0 Å². The number of phenols is 6. The molecule has 6 N–H and O–H groups in total. The lowest BCUT2D eigenvalue weighted by atomic mass is 9.82. The summed E-state index contributed by atoms with van der Waals surface area (Å²) < 4.78 is 16.9. The third-order valence-electron chi connectivity index (χ3n) is 6.66.